The van der Waals surface area contributed by atoms with Crippen LogP contribution in [0.4, 0.5) is 0 Å². The van der Waals surface area contributed by atoms with Crippen LogP contribution in [0, 0.1) is 0 Å². The molecule has 2 aromatic heterocycles. The summed E-state index contributed by atoms with van der Waals surface area (Å²) in [6, 6.07) is 14.4. The first kappa shape index (κ1) is 17.5. The fourth-order valence-corrected chi connectivity index (χ4v) is 4.17. The molecule has 4 nitrogen and oxygen atoms in total. The molecule has 138 valence electrons. The largest absolute Gasteiger partial charge is 0.347 e. The summed E-state index contributed by atoms with van der Waals surface area (Å²) in [6.45, 7) is 7.16. The third-order valence-electron chi connectivity index (χ3n) is 5.25. The Bertz CT molecular complexity index is 972. The van der Waals surface area contributed by atoms with Crippen LogP contribution in [-0.2, 0) is 19.4 Å². The number of hydrogen-bond acceptors (Lipinski definition) is 2. The normalized spacial score (nSPS) is 15.3. The SMILES string of the molecule is CCn1c2c(c(Cc3ccccc3)c1-c1ccncc1)C(=O)NC(C)(C)C2. The van der Waals surface area contributed by atoms with Crippen LogP contribution in [0.5, 0.6) is 0 Å². The van der Waals surface area contributed by atoms with Crippen LogP contribution in [0.25, 0.3) is 11.3 Å². The van der Waals surface area contributed by atoms with E-state index in [9.17, 15) is 4.79 Å². The van der Waals surface area contributed by atoms with Crippen LogP contribution in [0.3, 0.4) is 0 Å². The van der Waals surface area contributed by atoms with Crippen LogP contribution in [0.1, 0.15) is 48.0 Å². The molecule has 1 N–H and O–H groups in total. The molecular formula is C23H25N3O. The molecule has 1 aliphatic rings. The highest BCUT2D eigenvalue weighted by molar-refractivity contribution is 6.01. The van der Waals surface area contributed by atoms with E-state index >= 15 is 0 Å². The number of pyridine rings is 1. The van der Waals surface area contributed by atoms with Crippen molar-refractivity contribution < 1.29 is 4.79 Å². The maximum Gasteiger partial charge on any atom is 0.253 e. The fraction of sp³-hybridized carbons (Fsp3) is 0.304. The Balaban J connectivity index is 1.98. The van der Waals surface area contributed by atoms with Crippen molar-refractivity contribution in [1.29, 1.82) is 0 Å². The van der Waals surface area contributed by atoms with Gasteiger partial charge in [0.2, 0.25) is 0 Å². The third kappa shape index (κ3) is 3.16. The predicted molar refractivity (Wildman–Crippen MR) is 108 cm³/mol. The number of benzene rings is 1. The highest BCUT2D eigenvalue weighted by Gasteiger charge is 2.36. The van der Waals surface area contributed by atoms with E-state index in [-0.39, 0.29) is 11.4 Å². The molecular weight excluding hydrogens is 334 g/mol. The number of aromatic nitrogens is 2. The number of fused-ring (bicyclic) bond motifs is 1. The average molecular weight is 359 g/mol. The minimum absolute atomic E-state index is 0.0367. The molecule has 0 fully saturated rings. The van der Waals surface area contributed by atoms with Crippen LogP contribution >= 0.6 is 0 Å². The van der Waals surface area contributed by atoms with Gasteiger partial charge in [-0.2, -0.15) is 0 Å². The van der Waals surface area contributed by atoms with Crippen LogP contribution < -0.4 is 5.32 Å². The molecule has 0 atom stereocenters. The fourth-order valence-electron chi connectivity index (χ4n) is 4.17. The van der Waals surface area contributed by atoms with Gasteiger partial charge in [-0.05, 0) is 44.0 Å². The van der Waals surface area contributed by atoms with Crippen molar-refractivity contribution in [2.45, 2.75) is 45.7 Å². The lowest BCUT2D eigenvalue weighted by Crippen LogP contribution is -2.49. The van der Waals surface area contributed by atoms with Crippen molar-refractivity contribution in [2.75, 3.05) is 0 Å². The van der Waals surface area contributed by atoms with Gasteiger partial charge in [-0.25, -0.2) is 0 Å². The Hall–Kier alpha value is -2.88. The van der Waals surface area contributed by atoms with Gasteiger partial charge >= 0.3 is 0 Å². The topological polar surface area (TPSA) is 46.9 Å². The van der Waals surface area contributed by atoms with Crippen molar-refractivity contribution in [3.05, 3.63) is 77.2 Å². The number of rotatable bonds is 4. The van der Waals surface area contributed by atoms with E-state index in [1.54, 1.807) is 0 Å². The van der Waals surface area contributed by atoms with Gasteiger partial charge in [0.05, 0.1) is 11.3 Å². The van der Waals surface area contributed by atoms with Crippen molar-refractivity contribution in [2.24, 2.45) is 0 Å². The summed E-state index contributed by atoms with van der Waals surface area (Å²) in [5.74, 6) is 0.0367. The van der Waals surface area contributed by atoms with Gasteiger partial charge in [0.15, 0.2) is 0 Å². The highest BCUT2D eigenvalue weighted by atomic mass is 16.1. The summed E-state index contributed by atoms with van der Waals surface area (Å²) in [6.07, 6.45) is 5.20. The monoisotopic (exact) mass is 359 g/mol. The zero-order valence-electron chi connectivity index (χ0n) is 16.1. The number of amides is 1. The maximum absolute atomic E-state index is 13.1. The molecule has 0 saturated heterocycles. The molecule has 1 amide bonds. The second-order valence-corrected chi connectivity index (χ2v) is 7.81. The number of hydrogen-bond donors (Lipinski definition) is 1. The summed E-state index contributed by atoms with van der Waals surface area (Å²) < 4.78 is 2.32. The molecule has 0 radical (unpaired) electrons. The Morgan fingerprint density at radius 1 is 1.11 bits per heavy atom. The summed E-state index contributed by atoms with van der Waals surface area (Å²) in [5.41, 5.74) is 6.32. The zero-order valence-corrected chi connectivity index (χ0v) is 16.1. The van der Waals surface area contributed by atoms with E-state index in [4.69, 9.17) is 0 Å². The van der Waals surface area contributed by atoms with E-state index in [2.05, 4.69) is 47.8 Å². The minimum atomic E-state index is -0.241. The molecule has 1 aromatic carbocycles. The number of carbonyl (C=O) groups is 1. The smallest absolute Gasteiger partial charge is 0.253 e. The zero-order chi connectivity index (χ0) is 19.0. The Morgan fingerprint density at radius 3 is 2.48 bits per heavy atom. The first-order valence-corrected chi connectivity index (χ1v) is 9.51. The van der Waals surface area contributed by atoms with E-state index in [0.29, 0.717) is 0 Å². The van der Waals surface area contributed by atoms with Gasteiger partial charge < -0.3 is 9.88 Å². The highest BCUT2D eigenvalue weighted by Crippen LogP contribution is 2.37. The summed E-state index contributed by atoms with van der Waals surface area (Å²) in [4.78, 5) is 17.3. The van der Waals surface area contributed by atoms with Crippen molar-refractivity contribution in [3.63, 3.8) is 0 Å². The lowest BCUT2D eigenvalue weighted by Gasteiger charge is -2.32. The summed E-state index contributed by atoms with van der Waals surface area (Å²) >= 11 is 0. The predicted octanol–water partition coefficient (Wildman–Crippen LogP) is 4.23. The second kappa shape index (κ2) is 6.69. The lowest BCUT2D eigenvalue weighted by atomic mass is 9.88. The first-order chi connectivity index (χ1) is 13.0. The molecule has 3 aromatic rings. The van der Waals surface area contributed by atoms with Crippen molar-refractivity contribution in [3.8, 4) is 11.3 Å². The minimum Gasteiger partial charge on any atom is -0.347 e. The molecule has 27 heavy (non-hydrogen) atoms. The molecule has 0 aliphatic carbocycles. The number of carbonyl (C=O) groups excluding carboxylic acids is 1. The molecule has 1 aliphatic heterocycles. The van der Waals surface area contributed by atoms with Gasteiger partial charge in [-0.1, -0.05) is 30.3 Å². The molecule has 0 unspecified atom stereocenters. The van der Waals surface area contributed by atoms with Gasteiger partial charge in [0.1, 0.15) is 0 Å². The van der Waals surface area contributed by atoms with E-state index in [0.717, 1.165) is 47.5 Å². The maximum atomic E-state index is 13.1. The quantitative estimate of drug-likeness (QED) is 0.758. The molecule has 4 heteroatoms. The van der Waals surface area contributed by atoms with Crippen molar-refractivity contribution >= 4 is 5.91 Å². The average Bonchev–Trinajstić information content (AvgIpc) is 2.95. The van der Waals surface area contributed by atoms with Gasteiger partial charge in [-0.15, -0.1) is 0 Å². The van der Waals surface area contributed by atoms with E-state index in [1.165, 1.54) is 5.56 Å². The van der Waals surface area contributed by atoms with Crippen molar-refractivity contribution in [1.82, 2.24) is 14.9 Å². The third-order valence-corrected chi connectivity index (χ3v) is 5.25. The van der Waals surface area contributed by atoms with Crippen LogP contribution in [0.2, 0.25) is 0 Å². The van der Waals surface area contributed by atoms with Gasteiger partial charge in [-0.3, -0.25) is 9.78 Å². The standard InChI is InChI=1S/C23H25N3O/c1-4-26-19-15-23(2,3)25-22(27)20(19)18(14-16-8-6-5-7-9-16)21(26)17-10-12-24-13-11-17/h5-13H,4,14-15H2,1-3H3,(H,25,27). The van der Waals surface area contributed by atoms with Gasteiger partial charge in [0, 0.05) is 48.6 Å². The molecule has 0 saturated carbocycles. The Labute approximate surface area is 160 Å². The Kier molecular flexibility index (Phi) is 4.34. The molecule has 3 heterocycles. The second-order valence-electron chi connectivity index (χ2n) is 7.81. The van der Waals surface area contributed by atoms with E-state index in [1.807, 2.05) is 42.7 Å². The number of nitrogens with zero attached hydrogens (tertiary/aromatic N) is 2. The molecule has 0 bridgehead atoms. The summed E-state index contributed by atoms with van der Waals surface area (Å²) in [7, 11) is 0. The Morgan fingerprint density at radius 2 is 1.81 bits per heavy atom. The van der Waals surface area contributed by atoms with Crippen LogP contribution in [0.15, 0.2) is 54.9 Å². The molecule has 4 rings (SSSR count). The van der Waals surface area contributed by atoms with Crippen LogP contribution in [-0.4, -0.2) is 21.0 Å². The number of nitrogens with one attached hydrogen (secondary N) is 1. The van der Waals surface area contributed by atoms with Gasteiger partial charge in [0.25, 0.3) is 5.91 Å². The summed E-state index contributed by atoms with van der Waals surface area (Å²) in [5, 5.41) is 3.19. The van der Waals surface area contributed by atoms with E-state index < -0.39 is 0 Å². The lowest BCUT2D eigenvalue weighted by molar-refractivity contribution is 0.0894. The first-order valence-electron chi connectivity index (χ1n) is 9.51. The molecule has 0 spiro atoms.